The number of halogens is 1. The summed E-state index contributed by atoms with van der Waals surface area (Å²) < 4.78 is 23.9. The van der Waals surface area contributed by atoms with Gasteiger partial charge in [-0.05, 0) is 36.8 Å². The largest absolute Gasteiger partial charge is 0.494 e. The summed E-state index contributed by atoms with van der Waals surface area (Å²) >= 11 is 0. The number of benzene rings is 2. The number of ether oxygens (including phenoxy) is 2. The van der Waals surface area contributed by atoms with Crippen LogP contribution in [0.3, 0.4) is 0 Å². The third-order valence-corrected chi connectivity index (χ3v) is 4.45. The number of hydrogen-bond donors (Lipinski definition) is 0. The maximum atomic E-state index is 13.8. The highest BCUT2D eigenvalue weighted by molar-refractivity contribution is 6.04. The van der Waals surface area contributed by atoms with E-state index in [1.165, 1.54) is 24.1 Å². The first kappa shape index (κ1) is 20.3. The highest BCUT2D eigenvalue weighted by atomic mass is 19.1. The average Bonchev–Trinajstić information content (AvgIpc) is 2.71. The quantitative estimate of drug-likeness (QED) is 0.597. The summed E-state index contributed by atoms with van der Waals surface area (Å²) in [5.74, 6) is -1.36. The number of hydrogen-bond acceptors (Lipinski definition) is 5. The molecular formula is C22H21FN2O4. The van der Waals surface area contributed by atoms with E-state index < -0.39 is 24.3 Å². The standard InChI is InChI=1S/C22H21FN2O4/c1-14-10-17(16-6-4-5-7-19(16)24-14)22(27)29-13-21(26)25(2)12-15-8-9-20(28-3)18(23)11-15/h4-11H,12-13H2,1-3H3. The van der Waals surface area contributed by atoms with Crippen LogP contribution in [0.5, 0.6) is 5.75 Å². The van der Waals surface area contributed by atoms with E-state index in [0.29, 0.717) is 27.7 Å². The summed E-state index contributed by atoms with van der Waals surface area (Å²) in [7, 11) is 2.94. The molecule has 0 saturated carbocycles. The second-order valence-corrected chi connectivity index (χ2v) is 6.62. The van der Waals surface area contributed by atoms with Crippen LogP contribution in [0.15, 0.2) is 48.5 Å². The van der Waals surface area contributed by atoms with Crippen LogP contribution in [0.25, 0.3) is 10.9 Å². The fraction of sp³-hybridized carbons (Fsp3) is 0.227. The molecule has 0 atom stereocenters. The molecule has 0 saturated heterocycles. The third-order valence-electron chi connectivity index (χ3n) is 4.45. The third kappa shape index (κ3) is 4.68. The van der Waals surface area contributed by atoms with Crippen LogP contribution >= 0.6 is 0 Å². The van der Waals surface area contributed by atoms with Gasteiger partial charge in [-0.2, -0.15) is 0 Å². The van der Waals surface area contributed by atoms with Crippen LogP contribution in [0.4, 0.5) is 4.39 Å². The average molecular weight is 396 g/mol. The maximum absolute atomic E-state index is 13.8. The minimum atomic E-state index is -0.594. The Morgan fingerprint density at radius 1 is 1.14 bits per heavy atom. The van der Waals surface area contributed by atoms with E-state index in [1.807, 2.05) is 18.2 Å². The molecule has 3 aromatic rings. The van der Waals surface area contributed by atoms with Gasteiger partial charge in [0.05, 0.1) is 18.2 Å². The number of rotatable bonds is 6. The van der Waals surface area contributed by atoms with Gasteiger partial charge >= 0.3 is 5.97 Å². The van der Waals surface area contributed by atoms with E-state index in [0.717, 1.165) is 0 Å². The fourth-order valence-corrected chi connectivity index (χ4v) is 2.96. The smallest absolute Gasteiger partial charge is 0.339 e. The van der Waals surface area contributed by atoms with Crippen LogP contribution in [0, 0.1) is 12.7 Å². The first-order valence-corrected chi connectivity index (χ1v) is 8.99. The van der Waals surface area contributed by atoms with Crippen molar-refractivity contribution in [2.24, 2.45) is 0 Å². The molecule has 1 aromatic heterocycles. The molecule has 7 heteroatoms. The minimum Gasteiger partial charge on any atom is -0.494 e. The summed E-state index contributed by atoms with van der Waals surface area (Å²) in [4.78, 5) is 30.6. The first-order valence-electron chi connectivity index (χ1n) is 8.99. The molecule has 6 nitrogen and oxygen atoms in total. The zero-order valence-electron chi connectivity index (χ0n) is 16.4. The summed E-state index contributed by atoms with van der Waals surface area (Å²) in [6, 6.07) is 13.4. The Labute approximate surface area is 167 Å². The Bertz CT molecular complexity index is 1070. The number of para-hydroxylation sites is 1. The predicted molar refractivity (Wildman–Crippen MR) is 106 cm³/mol. The Morgan fingerprint density at radius 2 is 1.90 bits per heavy atom. The van der Waals surface area contributed by atoms with Crippen molar-refractivity contribution < 1.29 is 23.5 Å². The molecule has 0 aliphatic heterocycles. The molecule has 0 aliphatic carbocycles. The SMILES string of the molecule is COc1ccc(CN(C)C(=O)COC(=O)c2cc(C)nc3ccccc23)cc1F. The number of aromatic nitrogens is 1. The maximum Gasteiger partial charge on any atom is 0.339 e. The Kier molecular flexibility index (Phi) is 6.07. The molecule has 0 aliphatic rings. The zero-order valence-corrected chi connectivity index (χ0v) is 16.4. The first-order chi connectivity index (χ1) is 13.9. The van der Waals surface area contributed by atoms with Gasteiger partial charge in [0.25, 0.3) is 5.91 Å². The molecule has 29 heavy (non-hydrogen) atoms. The second-order valence-electron chi connectivity index (χ2n) is 6.62. The number of aryl methyl sites for hydroxylation is 1. The van der Waals surface area contributed by atoms with Gasteiger partial charge in [-0.1, -0.05) is 24.3 Å². The van der Waals surface area contributed by atoms with Crippen molar-refractivity contribution in [3.8, 4) is 5.75 Å². The van der Waals surface area contributed by atoms with Gasteiger partial charge in [-0.25, -0.2) is 9.18 Å². The highest BCUT2D eigenvalue weighted by Crippen LogP contribution is 2.20. The molecule has 0 spiro atoms. The van der Waals surface area contributed by atoms with Gasteiger partial charge in [0.1, 0.15) is 0 Å². The Morgan fingerprint density at radius 3 is 2.62 bits per heavy atom. The normalized spacial score (nSPS) is 10.6. The molecule has 0 fully saturated rings. The van der Waals surface area contributed by atoms with Crippen molar-refractivity contribution in [1.29, 1.82) is 0 Å². The molecule has 2 aromatic carbocycles. The lowest BCUT2D eigenvalue weighted by Gasteiger charge is -2.18. The monoisotopic (exact) mass is 396 g/mol. The Hall–Kier alpha value is -3.48. The molecule has 150 valence electrons. The van der Waals surface area contributed by atoms with Crippen molar-refractivity contribution >= 4 is 22.8 Å². The van der Waals surface area contributed by atoms with Crippen molar-refractivity contribution in [1.82, 2.24) is 9.88 Å². The van der Waals surface area contributed by atoms with E-state index in [2.05, 4.69) is 4.98 Å². The lowest BCUT2D eigenvalue weighted by molar-refractivity contribution is -0.133. The van der Waals surface area contributed by atoms with Crippen molar-refractivity contribution in [3.05, 3.63) is 71.2 Å². The van der Waals surface area contributed by atoms with Gasteiger partial charge in [-0.15, -0.1) is 0 Å². The van der Waals surface area contributed by atoms with E-state index in [9.17, 15) is 14.0 Å². The van der Waals surface area contributed by atoms with Crippen molar-refractivity contribution in [3.63, 3.8) is 0 Å². The molecular weight excluding hydrogens is 375 g/mol. The predicted octanol–water partition coefficient (Wildman–Crippen LogP) is 3.51. The van der Waals surface area contributed by atoms with E-state index in [1.54, 1.807) is 32.2 Å². The van der Waals surface area contributed by atoms with Crippen LogP contribution < -0.4 is 4.74 Å². The van der Waals surface area contributed by atoms with Gasteiger partial charge in [0.15, 0.2) is 18.2 Å². The summed E-state index contributed by atoms with van der Waals surface area (Å²) in [5, 5.41) is 0.664. The van der Waals surface area contributed by atoms with E-state index in [4.69, 9.17) is 9.47 Å². The molecule has 0 N–H and O–H groups in total. The number of carbonyl (C=O) groups excluding carboxylic acids is 2. The van der Waals surface area contributed by atoms with Crippen LogP contribution in [-0.2, 0) is 16.1 Å². The number of esters is 1. The van der Waals surface area contributed by atoms with Crippen molar-refractivity contribution in [2.45, 2.75) is 13.5 Å². The second kappa shape index (κ2) is 8.68. The van der Waals surface area contributed by atoms with Crippen molar-refractivity contribution in [2.75, 3.05) is 20.8 Å². The molecule has 0 unspecified atom stereocenters. The molecule has 0 bridgehead atoms. The lowest BCUT2D eigenvalue weighted by Crippen LogP contribution is -2.30. The minimum absolute atomic E-state index is 0.136. The summed E-state index contributed by atoms with van der Waals surface area (Å²) in [6.07, 6.45) is 0. The topological polar surface area (TPSA) is 68.7 Å². The fourth-order valence-electron chi connectivity index (χ4n) is 2.96. The van der Waals surface area contributed by atoms with Gasteiger partial charge in [-0.3, -0.25) is 9.78 Å². The highest BCUT2D eigenvalue weighted by Gasteiger charge is 2.17. The summed E-state index contributed by atoms with van der Waals surface area (Å²) in [6.45, 7) is 1.55. The number of carbonyl (C=O) groups is 2. The zero-order chi connectivity index (χ0) is 21.0. The number of methoxy groups -OCH3 is 1. The number of pyridine rings is 1. The number of fused-ring (bicyclic) bond motifs is 1. The molecule has 0 radical (unpaired) electrons. The van der Waals surface area contributed by atoms with Crippen LogP contribution in [0.2, 0.25) is 0 Å². The van der Waals surface area contributed by atoms with Gasteiger partial charge in [0.2, 0.25) is 0 Å². The van der Waals surface area contributed by atoms with Crippen LogP contribution in [0.1, 0.15) is 21.6 Å². The number of likely N-dealkylation sites (N-methyl/N-ethyl adjacent to an activating group) is 1. The summed E-state index contributed by atoms with van der Waals surface area (Å²) in [5.41, 5.74) is 2.33. The van der Waals surface area contributed by atoms with E-state index >= 15 is 0 Å². The van der Waals surface area contributed by atoms with Crippen LogP contribution in [-0.4, -0.2) is 42.5 Å². The molecule has 1 amide bonds. The van der Waals surface area contributed by atoms with Gasteiger partial charge < -0.3 is 14.4 Å². The number of nitrogens with zero attached hydrogens (tertiary/aromatic N) is 2. The van der Waals surface area contributed by atoms with Gasteiger partial charge in [0, 0.05) is 24.7 Å². The molecule has 3 rings (SSSR count). The lowest BCUT2D eigenvalue weighted by atomic mass is 10.1. The van der Waals surface area contributed by atoms with E-state index in [-0.39, 0.29) is 12.3 Å². The Balaban J connectivity index is 1.64. The molecule has 1 heterocycles. The number of amides is 1.